The van der Waals surface area contributed by atoms with Crippen LogP contribution in [0, 0.1) is 5.41 Å². The summed E-state index contributed by atoms with van der Waals surface area (Å²) in [4.78, 5) is 17.0. The minimum Gasteiger partial charge on any atom is -0.494 e. The average molecular weight is 318 g/mol. The largest absolute Gasteiger partial charge is 0.494 e. The van der Waals surface area contributed by atoms with E-state index < -0.39 is 5.97 Å². The van der Waals surface area contributed by atoms with E-state index in [4.69, 9.17) is 32.8 Å². The highest BCUT2D eigenvalue weighted by molar-refractivity contribution is 6.37. The van der Waals surface area contributed by atoms with E-state index in [9.17, 15) is 4.79 Å². The highest BCUT2D eigenvalue weighted by Gasteiger charge is 2.22. The molecule has 0 saturated carbocycles. The van der Waals surface area contributed by atoms with Crippen LogP contribution < -0.4 is 4.74 Å². The first-order chi connectivity index (χ1) is 9.18. The predicted molar refractivity (Wildman–Crippen MR) is 81.0 cm³/mol. The number of ether oxygens (including phenoxy) is 1. The summed E-state index contributed by atoms with van der Waals surface area (Å²) in [5, 5.41) is 4.30. The molecule has 0 aromatic heterocycles. The van der Waals surface area contributed by atoms with Gasteiger partial charge in [0.2, 0.25) is 0 Å². The van der Waals surface area contributed by atoms with Gasteiger partial charge in [-0.1, -0.05) is 49.1 Å². The van der Waals surface area contributed by atoms with E-state index in [0.29, 0.717) is 5.71 Å². The van der Waals surface area contributed by atoms with Crippen molar-refractivity contribution in [3.63, 3.8) is 0 Å². The fourth-order valence-corrected chi connectivity index (χ4v) is 1.68. The Hall–Kier alpha value is -1.26. The van der Waals surface area contributed by atoms with Crippen molar-refractivity contribution in [1.82, 2.24) is 0 Å². The fourth-order valence-electron chi connectivity index (χ4n) is 1.22. The predicted octanol–water partition coefficient (Wildman–Crippen LogP) is 4.58. The third-order valence-corrected chi connectivity index (χ3v) is 3.43. The van der Waals surface area contributed by atoms with Gasteiger partial charge in [0.05, 0.1) is 22.9 Å². The molecule has 1 aromatic rings. The molecule has 110 valence electrons. The summed E-state index contributed by atoms with van der Waals surface area (Å²) in [5.41, 5.74) is 0.553. The Morgan fingerprint density at radius 3 is 2.25 bits per heavy atom. The van der Waals surface area contributed by atoms with Crippen molar-refractivity contribution < 1.29 is 14.4 Å². The smallest absolute Gasteiger partial charge is 0.371 e. The average Bonchev–Trinajstić information content (AvgIpc) is 2.36. The highest BCUT2D eigenvalue weighted by atomic mass is 35.5. The molecule has 0 heterocycles. The van der Waals surface area contributed by atoms with Crippen LogP contribution in [0.1, 0.15) is 38.1 Å². The maximum absolute atomic E-state index is 12.1. The molecule has 0 radical (unpaired) electrons. The van der Waals surface area contributed by atoms with Crippen molar-refractivity contribution in [2.45, 2.75) is 27.7 Å². The lowest BCUT2D eigenvalue weighted by Crippen LogP contribution is -2.18. The van der Waals surface area contributed by atoms with Gasteiger partial charge in [0.1, 0.15) is 5.56 Å². The number of methoxy groups -OCH3 is 1. The molecule has 1 aromatic carbocycles. The van der Waals surface area contributed by atoms with Crippen LogP contribution in [0.15, 0.2) is 17.3 Å². The topological polar surface area (TPSA) is 47.9 Å². The Balaban J connectivity index is 3.08. The number of carbonyl (C=O) groups is 1. The molecule has 0 bridgehead atoms. The van der Waals surface area contributed by atoms with Crippen LogP contribution in [-0.2, 0) is 4.84 Å². The van der Waals surface area contributed by atoms with Crippen LogP contribution in [-0.4, -0.2) is 18.8 Å². The van der Waals surface area contributed by atoms with Crippen LogP contribution in [0.3, 0.4) is 0 Å². The maximum Gasteiger partial charge on any atom is 0.371 e. The minimum absolute atomic E-state index is 0.0622. The van der Waals surface area contributed by atoms with E-state index in [1.165, 1.54) is 13.2 Å². The van der Waals surface area contributed by atoms with Gasteiger partial charge in [-0.25, -0.2) is 4.79 Å². The lowest BCUT2D eigenvalue weighted by molar-refractivity contribution is 0.0509. The van der Waals surface area contributed by atoms with Crippen molar-refractivity contribution in [3.8, 4) is 5.75 Å². The van der Waals surface area contributed by atoms with E-state index in [0.717, 1.165) is 0 Å². The number of halogens is 2. The summed E-state index contributed by atoms with van der Waals surface area (Å²) in [6.07, 6.45) is 0. The number of oxime groups is 1. The molecule has 0 spiro atoms. The summed E-state index contributed by atoms with van der Waals surface area (Å²) in [6, 6.07) is 3.05. The molecule has 6 heteroatoms. The standard InChI is InChI=1S/C14H17Cl2NO3/c1-8(14(2,3)4)17-20-13(18)11-9(15)6-7-10(16)12(11)19-5/h6-7H,1-5H3/b17-8+. The molecule has 0 unspecified atom stereocenters. The lowest BCUT2D eigenvalue weighted by atomic mass is 9.91. The quantitative estimate of drug-likeness (QED) is 0.465. The molecule has 0 N–H and O–H groups in total. The molecular formula is C14H17Cl2NO3. The first-order valence-electron chi connectivity index (χ1n) is 5.97. The van der Waals surface area contributed by atoms with Crippen LogP contribution in [0.25, 0.3) is 0 Å². The number of hydrogen-bond acceptors (Lipinski definition) is 4. The summed E-state index contributed by atoms with van der Waals surface area (Å²) >= 11 is 11.9. The van der Waals surface area contributed by atoms with Crippen LogP contribution in [0.2, 0.25) is 10.0 Å². The SMILES string of the molecule is COc1c(Cl)ccc(Cl)c1C(=O)O/N=C(\C)C(C)(C)C. The second kappa shape index (κ2) is 6.46. The zero-order valence-corrected chi connectivity index (χ0v) is 13.6. The van der Waals surface area contributed by atoms with E-state index in [1.54, 1.807) is 13.0 Å². The third kappa shape index (κ3) is 3.87. The van der Waals surface area contributed by atoms with Crippen molar-refractivity contribution in [1.29, 1.82) is 0 Å². The van der Waals surface area contributed by atoms with Gasteiger partial charge in [-0.05, 0) is 19.1 Å². The van der Waals surface area contributed by atoms with Crippen LogP contribution in [0.4, 0.5) is 0 Å². The van der Waals surface area contributed by atoms with Gasteiger partial charge in [0.15, 0.2) is 5.75 Å². The number of carbonyl (C=O) groups excluding carboxylic acids is 1. The maximum atomic E-state index is 12.1. The molecule has 0 saturated heterocycles. The molecule has 0 aliphatic carbocycles. The Labute approximate surface area is 128 Å². The van der Waals surface area contributed by atoms with Gasteiger partial charge in [0.25, 0.3) is 0 Å². The lowest BCUT2D eigenvalue weighted by Gasteiger charge is -2.16. The fraction of sp³-hybridized carbons (Fsp3) is 0.429. The van der Waals surface area contributed by atoms with Gasteiger partial charge in [-0.2, -0.15) is 0 Å². The van der Waals surface area contributed by atoms with Gasteiger partial charge in [0, 0.05) is 5.41 Å². The minimum atomic E-state index is -0.710. The Bertz CT molecular complexity index is 548. The Morgan fingerprint density at radius 1 is 1.20 bits per heavy atom. The summed E-state index contributed by atoms with van der Waals surface area (Å²) in [6.45, 7) is 7.68. The molecule has 0 aliphatic heterocycles. The summed E-state index contributed by atoms with van der Waals surface area (Å²) in [7, 11) is 1.40. The second-order valence-corrected chi connectivity index (χ2v) is 6.06. The number of nitrogens with zero attached hydrogens (tertiary/aromatic N) is 1. The molecule has 0 aliphatic rings. The van der Waals surface area contributed by atoms with Crippen molar-refractivity contribution in [2.24, 2.45) is 10.6 Å². The zero-order chi connectivity index (χ0) is 15.5. The Morgan fingerprint density at radius 2 is 1.75 bits per heavy atom. The first-order valence-corrected chi connectivity index (χ1v) is 6.72. The Kier molecular flexibility index (Phi) is 5.42. The normalized spacial score (nSPS) is 12.2. The van der Waals surface area contributed by atoms with E-state index in [-0.39, 0.29) is 26.8 Å². The van der Waals surface area contributed by atoms with Gasteiger partial charge >= 0.3 is 5.97 Å². The molecule has 20 heavy (non-hydrogen) atoms. The highest BCUT2D eigenvalue weighted by Crippen LogP contribution is 2.34. The van der Waals surface area contributed by atoms with E-state index in [1.807, 2.05) is 20.8 Å². The molecule has 1 rings (SSSR count). The van der Waals surface area contributed by atoms with Crippen LogP contribution in [0.5, 0.6) is 5.75 Å². The van der Waals surface area contributed by atoms with Crippen molar-refractivity contribution in [2.75, 3.05) is 7.11 Å². The number of hydrogen-bond donors (Lipinski definition) is 0. The van der Waals surface area contributed by atoms with Gasteiger partial charge in [-0.15, -0.1) is 0 Å². The monoisotopic (exact) mass is 317 g/mol. The third-order valence-electron chi connectivity index (χ3n) is 2.82. The molecule has 0 fully saturated rings. The number of benzene rings is 1. The molecule has 0 amide bonds. The van der Waals surface area contributed by atoms with Gasteiger partial charge < -0.3 is 9.57 Å². The number of rotatable bonds is 3. The molecular weight excluding hydrogens is 301 g/mol. The van der Waals surface area contributed by atoms with Crippen molar-refractivity contribution >= 4 is 34.9 Å². The van der Waals surface area contributed by atoms with E-state index >= 15 is 0 Å². The first kappa shape index (κ1) is 16.8. The van der Waals surface area contributed by atoms with Crippen LogP contribution >= 0.6 is 23.2 Å². The summed E-state index contributed by atoms with van der Waals surface area (Å²) < 4.78 is 5.09. The molecule has 0 atom stereocenters. The van der Waals surface area contributed by atoms with Crippen molar-refractivity contribution in [3.05, 3.63) is 27.7 Å². The molecule has 4 nitrogen and oxygen atoms in total. The van der Waals surface area contributed by atoms with E-state index in [2.05, 4.69) is 5.16 Å². The van der Waals surface area contributed by atoms with Gasteiger partial charge in [-0.3, -0.25) is 0 Å². The summed E-state index contributed by atoms with van der Waals surface area (Å²) in [5.74, 6) is -0.536. The second-order valence-electron chi connectivity index (χ2n) is 5.24. The zero-order valence-electron chi connectivity index (χ0n) is 12.1.